The molecule has 0 spiro atoms. The molecule has 2 atom stereocenters. The quantitative estimate of drug-likeness (QED) is 0.863. The fraction of sp³-hybridized carbons (Fsp3) is 0.706. The molecule has 2 saturated heterocycles. The minimum Gasteiger partial charge on any atom is -0.377 e. The highest BCUT2D eigenvalue weighted by atomic mass is 16.5. The predicted octanol–water partition coefficient (Wildman–Crippen LogP) is 0.806. The van der Waals surface area contributed by atoms with Crippen LogP contribution in [-0.2, 0) is 9.47 Å². The Kier molecular flexibility index (Phi) is 5.70. The molecular formula is C17H27N5O3. The van der Waals surface area contributed by atoms with Gasteiger partial charge in [-0.3, -0.25) is 4.79 Å². The number of hydrogen-bond acceptors (Lipinski definition) is 7. The summed E-state index contributed by atoms with van der Waals surface area (Å²) in [6.07, 6.45) is 2.03. The third-order valence-electron chi connectivity index (χ3n) is 4.46. The maximum absolute atomic E-state index is 11.8. The van der Waals surface area contributed by atoms with Crippen molar-refractivity contribution >= 4 is 17.7 Å². The highest BCUT2D eigenvalue weighted by Crippen LogP contribution is 2.21. The van der Waals surface area contributed by atoms with Crippen molar-refractivity contribution in [2.75, 3.05) is 49.2 Å². The van der Waals surface area contributed by atoms with Gasteiger partial charge in [-0.25, -0.2) is 4.98 Å². The molecule has 8 heteroatoms. The van der Waals surface area contributed by atoms with E-state index in [1.807, 2.05) is 13.8 Å². The standard InChI is InChI=1S/C17H27N5O3/c1-12-10-21(5-3-7-24-12)15-9-14(16(18)23)19-17(20-15)22-6-4-8-25-13(2)11-22/h9,12-13H,3-8,10-11H2,1-2H3,(H2,18,23). The van der Waals surface area contributed by atoms with Crippen LogP contribution >= 0.6 is 0 Å². The number of rotatable bonds is 3. The van der Waals surface area contributed by atoms with E-state index in [0.29, 0.717) is 12.5 Å². The van der Waals surface area contributed by atoms with Crippen molar-refractivity contribution in [3.63, 3.8) is 0 Å². The van der Waals surface area contributed by atoms with Gasteiger partial charge in [-0.1, -0.05) is 0 Å². The number of carbonyl (C=O) groups is 1. The zero-order valence-corrected chi connectivity index (χ0v) is 15.0. The summed E-state index contributed by atoms with van der Waals surface area (Å²) in [5, 5.41) is 0. The van der Waals surface area contributed by atoms with Crippen molar-refractivity contribution in [1.29, 1.82) is 0 Å². The number of nitrogens with two attached hydrogens (primary N) is 1. The van der Waals surface area contributed by atoms with E-state index >= 15 is 0 Å². The maximum atomic E-state index is 11.8. The number of hydrogen-bond donors (Lipinski definition) is 1. The Morgan fingerprint density at radius 3 is 2.32 bits per heavy atom. The van der Waals surface area contributed by atoms with Crippen LogP contribution in [0.1, 0.15) is 37.2 Å². The van der Waals surface area contributed by atoms with E-state index in [0.717, 1.165) is 51.5 Å². The summed E-state index contributed by atoms with van der Waals surface area (Å²) < 4.78 is 11.4. The lowest BCUT2D eigenvalue weighted by Gasteiger charge is -2.27. The molecule has 1 aromatic rings. The maximum Gasteiger partial charge on any atom is 0.267 e. The van der Waals surface area contributed by atoms with E-state index in [-0.39, 0.29) is 17.9 Å². The van der Waals surface area contributed by atoms with Crippen LogP contribution in [0, 0.1) is 0 Å². The van der Waals surface area contributed by atoms with Crippen molar-refractivity contribution in [2.45, 2.75) is 38.9 Å². The third-order valence-corrected chi connectivity index (χ3v) is 4.46. The van der Waals surface area contributed by atoms with Gasteiger partial charge < -0.3 is 25.0 Å². The molecule has 2 N–H and O–H groups in total. The zero-order valence-electron chi connectivity index (χ0n) is 15.0. The van der Waals surface area contributed by atoms with E-state index < -0.39 is 5.91 Å². The highest BCUT2D eigenvalue weighted by Gasteiger charge is 2.23. The summed E-state index contributed by atoms with van der Waals surface area (Å²) >= 11 is 0. The first-order valence-electron chi connectivity index (χ1n) is 8.95. The van der Waals surface area contributed by atoms with Crippen molar-refractivity contribution in [1.82, 2.24) is 9.97 Å². The van der Waals surface area contributed by atoms with Gasteiger partial charge in [0.05, 0.1) is 12.2 Å². The Bertz CT molecular complexity index is 570. The average molecular weight is 349 g/mol. The Morgan fingerprint density at radius 1 is 1.08 bits per heavy atom. The Morgan fingerprint density at radius 2 is 1.68 bits per heavy atom. The minimum absolute atomic E-state index is 0.0957. The molecule has 0 radical (unpaired) electrons. The molecule has 0 aromatic carbocycles. The molecule has 138 valence electrons. The van der Waals surface area contributed by atoms with Crippen LogP contribution in [0.5, 0.6) is 0 Å². The second-order valence-corrected chi connectivity index (χ2v) is 6.74. The van der Waals surface area contributed by atoms with Crippen LogP contribution in [0.25, 0.3) is 0 Å². The number of carbonyl (C=O) groups excluding carboxylic acids is 1. The summed E-state index contributed by atoms with van der Waals surface area (Å²) in [5.41, 5.74) is 5.76. The van der Waals surface area contributed by atoms with Crippen LogP contribution in [0.2, 0.25) is 0 Å². The summed E-state index contributed by atoms with van der Waals surface area (Å²) in [5.74, 6) is 0.735. The van der Waals surface area contributed by atoms with Gasteiger partial charge in [0.25, 0.3) is 5.91 Å². The first kappa shape index (κ1) is 17.9. The van der Waals surface area contributed by atoms with Crippen molar-refractivity contribution in [3.05, 3.63) is 11.8 Å². The molecule has 2 fully saturated rings. The molecule has 1 amide bonds. The smallest absolute Gasteiger partial charge is 0.267 e. The number of nitrogens with zero attached hydrogens (tertiary/aromatic N) is 4. The van der Waals surface area contributed by atoms with E-state index in [1.54, 1.807) is 6.07 Å². The lowest BCUT2D eigenvalue weighted by molar-refractivity contribution is 0.0819. The topological polar surface area (TPSA) is 93.8 Å². The number of anilines is 2. The van der Waals surface area contributed by atoms with Crippen LogP contribution in [-0.4, -0.2) is 67.5 Å². The number of amides is 1. The molecule has 2 aliphatic rings. The average Bonchev–Trinajstić information content (AvgIpc) is 2.94. The van der Waals surface area contributed by atoms with E-state index in [4.69, 9.17) is 20.2 Å². The zero-order chi connectivity index (χ0) is 17.8. The normalized spacial score (nSPS) is 25.4. The predicted molar refractivity (Wildman–Crippen MR) is 95.0 cm³/mol. The van der Waals surface area contributed by atoms with E-state index in [9.17, 15) is 4.79 Å². The third kappa shape index (κ3) is 4.58. The Balaban J connectivity index is 1.92. The van der Waals surface area contributed by atoms with Gasteiger partial charge in [-0.15, -0.1) is 0 Å². The largest absolute Gasteiger partial charge is 0.377 e. The molecule has 3 heterocycles. The molecule has 3 rings (SSSR count). The fourth-order valence-corrected chi connectivity index (χ4v) is 3.23. The molecule has 1 aromatic heterocycles. The van der Waals surface area contributed by atoms with Gasteiger partial charge >= 0.3 is 0 Å². The lowest BCUT2D eigenvalue weighted by atomic mass is 10.3. The van der Waals surface area contributed by atoms with Crippen molar-refractivity contribution in [3.8, 4) is 0 Å². The van der Waals surface area contributed by atoms with Crippen LogP contribution in [0.3, 0.4) is 0 Å². The Hall–Kier alpha value is -1.93. The lowest BCUT2D eigenvalue weighted by Crippen LogP contribution is -2.35. The number of aromatic nitrogens is 2. The van der Waals surface area contributed by atoms with E-state index in [1.165, 1.54) is 0 Å². The molecular weight excluding hydrogens is 322 g/mol. The second-order valence-electron chi connectivity index (χ2n) is 6.74. The van der Waals surface area contributed by atoms with Crippen molar-refractivity contribution in [2.24, 2.45) is 5.73 Å². The van der Waals surface area contributed by atoms with Crippen molar-refractivity contribution < 1.29 is 14.3 Å². The van der Waals surface area contributed by atoms with Gasteiger partial charge in [0, 0.05) is 45.5 Å². The van der Waals surface area contributed by atoms with Crippen LogP contribution in [0.4, 0.5) is 11.8 Å². The van der Waals surface area contributed by atoms with Gasteiger partial charge in [0.2, 0.25) is 5.95 Å². The molecule has 0 saturated carbocycles. The first-order chi connectivity index (χ1) is 12.0. The SMILES string of the molecule is CC1CN(c2cc(C(N)=O)nc(N3CCCOC(C)C3)n2)CCCO1. The fourth-order valence-electron chi connectivity index (χ4n) is 3.23. The molecule has 8 nitrogen and oxygen atoms in total. The highest BCUT2D eigenvalue weighted by molar-refractivity contribution is 5.91. The van der Waals surface area contributed by atoms with Gasteiger partial charge in [0.15, 0.2) is 0 Å². The summed E-state index contributed by atoms with van der Waals surface area (Å²) in [6, 6.07) is 1.68. The molecule has 0 bridgehead atoms. The minimum atomic E-state index is -0.539. The summed E-state index contributed by atoms with van der Waals surface area (Å²) in [4.78, 5) is 25.1. The number of ether oxygens (including phenoxy) is 2. The molecule has 25 heavy (non-hydrogen) atoms. The molecule has 2 unspecified atom stereocenters. The van der Waals surface area contributed by atoms with Gasteiger partial charge in [-0.2, -0.15) is 4.98 Å². The molecule has 0 aliphatic carbocycles. The number of primary amides is 1. The first-order valence-corrected chi connectivity index (χ1v) is 8.95. The summed E-state index contributed by atoms with van der Waals surface area (Å²) in [7, 11) is 0. The van der Waals surface area contributed by atoms with Gasteiger partial charge in [-0.05, 0) is 26.7 Å². The summed E-state index contributed by atoms with van der Waals surface area (Å²) in [6.45, 7) is 8.59. The van der Waals surface area contributed by atoms with Crippen LogP contribution < -0.4 is 15.5 Å². The van der Waals surface area contributed by atoms with Crippen LogP contribution in [0.15, 0.2) is 6.07 Å². The Labute approximate surface area is 148 Å². The van der Waals surface area contributed by atoms with E-state index in [2.05, 4.69) is 14.8 Å². The van der Waals surface area contributed by atoms with Gasteiger partial charge in [0.1, 0.15) is 11.5 Å². The molecule has 2 aliphatic heterocycles. The monoisotopic (exact) mass is 349 g/mol. The second kappa shape index (κ2) is 7.97.